The molecule has 0 unspecified atom stereocenters. The summed E-state index contributed by atoms with van der Waals surface area (Å²) in [4.78, 5) is 17.2. The molecular weight excluding hydrogens is 140 g/mol. The number of pyridine rings is 1. The predicted octanol–water partition coefficient (Wildman–Crippen LogP) is 0.960. The van der Waals surface area contributed by atoms with Gasteiger partial charge >= 0.3 is 0 Å². The highest BCUT2D eigenvalue weighted by Crippen LogP contribution is 1.93. The van der Waals surface area contributed by atoms with Gasteiger partial charge in [-0.1, -0.05) is 6.07 Å². The molecule has 1 aromatic rings. The van der Waals surface area contributed by atoms with Gasteiger partial charge in [0.25, 0.3) is 0 Å². The normalized spacial score (nSPS) is 8.73. The van der Waals surface area contributed by atoms with E-state index in [4.69, 9.17) is 0 Å². The molecular formula is C8H8N2O. The van der Waals surface area contributed by atoms with Gasteiger partial charge in [-0.25, -0.2) is 9.79 Å². The summed E-state index contributed by atoms with van der Waals surface area (Å²) in [5.41, 5.74) is 0.950. The van der Waals surface area contributed by atoms with Crippen LogP contribution in [-0.4, -0.2) is 17.6 Å². The second-order valence-electron chi connectivity index (χ2n) is 2.04. The van der Waals surface area contributed by atoms with E-state index in [2.05, 4.69) is 9.98 Å². The fourth-order valence-electron chi connectivity index (χ4n) is 0.762. The Hall–Kier alpha value is -1.47. The van der Waals surface area contributed by atoms with Gasteiger partial charge in [0, 0.05) is 18.3 Å². The summed E-state index contributed by atoms with van der Waals surface area (Å²) >= 11 is 0. The van der Waals surface area contributed by atoms with Crippen LogP contribution in [0.5, 0.6) is 0 Å². The minimum atomic E-state index is 0.473. The molecule has 0 saturated heterocycles. The van der Waals surface area contributed by atoms with E-state index in [1.807, 2.05) is 18.2 Å². The molecule has 0 N–H and O–H groups in total. The highest BCUT2D eigenvalue weighted by atomic mass is 16.1. The SMILES string of the molecule is O=C=NCCc1ccccn1. The first-order chi connectivity index (χ1) is 5.43. The van der Waals surface area contributed by atoms with Gasteiger partial charge in [0.1, 0.15) is 0 Å². The summed E-state index contributed by atoms with van der Waals surface area (Å²) in [7, 11) is 0. The number of rotatable bonds is 3. The monoisotopic (exact) mass is 148 g/mol. The zero-order chi connectivity index (χ0) is 7.94. The van der Waals surface area contributed by atoms with Crippen LogP contribution in [0.4, 0.5) is 0 Å². The van der Waals surface area contributed by atoms with Crippen molar-refractivity contribution < 1.29 is 4.79 Å². The predicted molar refractivity (Wildman–Crippen MR) is 40.9 cm³/mol. The molecule has 0 spiro atoms. The van der Waals surface area contributed by atoms with Gasteiger partial charge in [0.15, 0.2) is 0 Å². The van der Waals surface area contributed by atoms with Crippen molar-refractivity contribution in [1.82, 2.24) is 4.98 Å². The Morgan fingerprint density at radius 2 is 2.45 bits per heavy atom. The molecule has 3 nitrogen and oxygen atoms in total. The summed E-state index contributed by atoms with van der Waals surface area (Å²) in [5, 5.41) is 0. The van der Waals surface area contributed by atoms with Gasteiger partial charge in [-0.2, -0.15) is 0 Å². The fraction of sp³-hybridized carbons (Fsp3) is 0.250. The summed E-state index contributed by atoms with van der Waals surface area (Å²) in [6, 6.07) is 5.67. The van der Waals surface area contributed by atoms with Crippen molar-refractivity contribution in [1.29, 1.82) is 0 Å². The van der Waals surface area contributed by atoms with Crippen LogP contribution < -0.4 is 0 Å². The lowest BCUT2D eigenvalue weighted by atomic mass is 10.3. The summed E-state index contributed by atoms with van der Waals surface area (Å²) in [6.45, 7) is 0.473. The Kier molecular flexibility index (Phi) is 3.03. The van der Waals surface area contributed by atoms with Crippen molar-refractivity contribution >= 4 is 6.08 Å². The maximum Gasteiger partial charge on any atom is 0.234 e. The van der Waals surface area contributed by atoms with E-state index in [0.717, 1.165) is 5.69 Å². The van der Waals surface area contributed by atoms with Crippen LogP contribution in [0.2, 0.25) is 0 Å². The third kappa shape index (κ3) is 2.74. The molecule has 56 valence electrons. The molecule has 0 aromatic carbocycles. The number of nitrogens with zero attached hydrogens (tertiary/aromatic N) is 2. The smallest absolute Gasteiger partial charge is 0.234 e. The molecule has 0 amide bonds. The number of aliphatic imine (C=N–C) groups is 1. The molecule has 0 bridgehead atoms. The molecule has 0 atom stereocenters. The second kappa shape index (κ2) is 4.36. The molecule has 11 heavy (non-hydrogen) atoms. The number of carbonyl (C=O) groups excluding carboxylic acids is 1. The van der Waals surface area contributed by atoms with Crippen molar-refractivity contribution in [2.75, 3.05) is 6.54 Å². The van der Waals surface area contributed by atoms with E-state index >= 15 is 0 Å². The van der Waals surface area contributed by atoms with Crippen LogP contribution in [0.3, 0.4) is 0 Å². The van der Waals surface area contributed by atoms with Crippen LogP contribution in [-0.2, 0) is 11.2 Å². The molecule has 0 saturated carbocycles. The van der Waals surface area contributed by atoms with Crippen LogP contribution in [0.25, 0.3) is 0 Å². The summed E-state index contributed by atoms with van der Waals surface area (Å²) in [5.74, 6) is 0. The second-order valence-corrected chi connectivity index (χ2v) is 2.04. The lowest BCUT2D eigenvalue weighted by Gasteiger charge is -1.92. The van der Waals surface area contributed by atoms with Crippen LogP contribution in [0.15, 0.2) is 29.4 Å². The molecule has 3 heteroatoms. The molecule has 0 aliphatic heterocycles. The van der Waals surface area contributed by atoms with E-state index in [0.29, 0.717) is 13.0 Å². The quantitative estimate of drug-likeness (QED) is 0.473. The van der Waals surface area contributed by atoms with E-state index in [1.54, 1.807) is 6.20 Å². The van der Waals surface area contributed by atoms with Gasteiger partial charge < -0.3 is 0 Å². The minimum absolute atomic E-state index is 0.473. The standard InChI is InChI=1S/C8H8N2O/c11-7-9-6-4-8-3-1-2-5-10-8/h1-3,5H,4,6H2. The third-order valence-corrected chi connectivity index (χ3v) is 1.27. The zero-order valence-corrected chi connectivity index (χ0v) is 6.03. The van der Waals surface area contributed by atoms with Gasteiger partial charge in [0.2, 0.25) is 6.08 Å². The zero-order valence-electron chi connectivity index (χ0n) is 6.03. The van der Waals surface area contributed by atoms with E-state index in [-0.39, 0.29) is 0 Å². The maximum absolute atomic E-state index is 9.68. The highest BCUT2D eigenvalue weighted by molar-refractivity contribution is 5.32. The summed E-state index contributed by atoms with van der Waals surface area (Å²) < 4.78 is 0. The number of hydrogen-bond donors (Lipinski definition) is 0. The Morgan fingerprint density at radius 1 is 1.55 bits per heavy atom. The lowest BCUT2D eigenvalue weighted by Crippen LogP contribution is -1.91. The van der Waals surface area contributed by atoms with Crippen molar-refractivity contribution in [3.63, 3.8) is 0 Å². The Bertz CT molecular complexity index is 252. The van der Waals surface area contributed by atoms with E-state index in [9.17, 15) is 4.79 Å². The van der Waals surface area contributed by atoms with Gasteiger partial charge in [-0.15, -0.1) is 0 Å². The first-order valence-corrected chi connectivity index (χ1v) is 3.37. The van der Waals surface area contributed by atoms with Gasteiger partial charge in [-0.05, 0) is 12.1 Å². The molecule has 1 rings (SSSR count). The van der Waals surface area contributed by atoms with Crippen molar-refractivity contribution in [3.8, 4) is 0 Å². The Morgan fingerprint density at radius 3 is 3.09 bits per heavy atom. The Balaban J connectivity index is 2.45. The first-order valence-electron chi connectivity index (χ1n) is 3.37. The first kappa shape index (κ1) is 7.63. The van der Waals surface area contributed by atoms with Crippen LogP contribution in [0, 0.1) is 0 Å². The van der Waals surface area contributed by atoms with Gasteiger partial charge in [-0.3, -0.25) is 4.98 Å². The van der Waals surface area contributed by atoms with Crippen LogP contribution in [0.1, 0.15) is 5.69 Å². The molecule has 0 aliphatic carbocycles. The topological polar surface area (TPSA) is 42.3 Å². The van der Waals surface area contributed by atoms with E-state index in [1.165, 1.54) is 6.08 Å². The van der Waals surface area contributed by atoms with Gasteiger partial charge in [0.05, 0.1) is 6.54 Å². The largest absolute Gasteiger partial charge is 0.261 e. The maximum atomic E-state index is 9.68. The lowest BCUT2D eigenvalue weighted by molar-refractivity contribution is 0.563. The third-order valence-electron chi connectivity index (χ3n) is 1.27. The van der Waals surface area contributed by atoms with E-state index < -0.39 is 0 Å². The fourth-order valence-corrected chi connectivity index (χ4v) is 0.762. The number of isocyanates is 1. The average Bonchev–Trinajstić information content (AvgIpc) is 2.07. The summed E-state index contributed by atoms with van der Waals surface area (Å²) in [6.07, 6.45) is 3.91. The van der Waals surface area contributed by atoms with Crippen molar-refractivity contribution in [2.24, 2.45) is 4.99 Å². The molecule has 1 heterocycles. The Labute approximate surface area is 64.8 Å². The molecule has 0 aliphatic rings. The van der Waals surface area contributed by atoms with Crippen LogP contribution >= 0.6 is 0 Å². The minimum Gasteiger partial charge on any atom is -0.261 e. The van der Waals surface area contributed by atoms with Crippen molar-refractivity contribution in [3.05, 3.63) is 30.1 Å². The molecule has 0 fully saturated rings. The number of aromatic nitrogens is 1. The van der Waals surface area contributed by atoms with Crippen molar-refractivity contribution in [2.45, 2.75) is 6.42 Å². The average molecular weight is 148 g/mol. The highest BCUT2D eigenvalue weighted by Gasteiger charge is 1.89. The molecule has 1 aromatic heterocycles. The number of hydrogen-bond acceptors (Lipinski definition) is 3. The molecule has 0 radical (unpaired) electrons.